The van der Waals surface area contributed by atoms with Crippen molar-refractivity contribution in [3.63, 3.8) is 0 Å². The molecule has 1 aliphatic rings. The van der Waals surface area contributed by atoms with Gasteiger partial charge < -0.3 is 4.43 Å². The molecule has 1 aliphatic heterocycles. The minimum absolute atomic E-state index is 0.709. The van der Waals surface area contributed by atoms with Gasteiger partial charge >= 0.3 is 0 Å². The lowest BCUT2D eigenvalue weighted by molar-refractivity contribution is 0.329. The number of allylic oxidation sites excluding steroid dienone is 1. The maximum Gasteiger partial charge on any atom is 0.225 e. The molecule has 1 fully saturated rings. The van der Waals surface area contributed by atoms with Crippen LogP contribution in [0.5, 0.6) is 0 Å². The fourth-order valence-corrected chi connectivity index (χ4v) is 7.78. The minimum atomic E-state index is -1.56. The van der Waals surface area contributed by atoms with E-state index in [-0.39, 0.29) is 0 Å². The number of hydrogen-bond acceptors (Lipinski definition) is 1. The van der Waals surface area contributed by atoms with Crippen LogP contribution in [0.3, 0.4) is 0 Å². The van der Waals surface area contributed by atoms with Crippen molar-refractivity contribution in [2.24, 2.45) is 0 Å². The van der Waals surface area contributed by atoms with E-state index in [1.807, 2.05) is 0 Å². The van der Waals surface area contributed by atoms with Gasteiger partial charge in [-0.2, -0.15) is 0 Å². The first kappa shape index (κ1) is 11.0. The Bertz CT molecular complexity index is 198. The van der Waals surface area contributed by atoms with E-state index < -0.39 is 8.32 Å². The maximum atomic E-state index is 6.14. The van der Waals surface area contributed by atoms with Gasteiger partial charge in [-0.25, -0.2) is 0 Å². The van der Waals surface area contributed by atoms with Crippen molar-refractivity contribution in [2.75, 3.05) is 6.61 Å². The van der Waals surface area contributed by atoms with Gasteiger partial charge in [-0.05, 0) is 24.4 Å². The quantitative estimate of drug-likeness (QED) is 0.615. The Morgan fingerprint density at radius 1 is 1.23 bits per heavy atom. The van der Waals surface area contributed by atoms with Crippen LogP contribution >= 0.6 is 0 Å². The van der Waals surface area contributed by atoms with E-state index in [2.05, 4.69) is 40.7 Å². The fraction of sp³-hybridized carbons (Fsp3) is 0.818. The van der Waals surface area contributed by atoms with Crippen molar-refractivity contribution in [1.29, 1.82) is 0 Å². The maximum absolute atomic E-state index is 6.14. The average molecular weight is 198 g/mol. The Labute approximate surface area is 83.3 Å². The molecule has 1 rings (SSSR count). The Kier molecular flexibility index (Phi) is 3.36. The first-order chi connectivity index (χ1) is 6.05. The van der Waals surface area contributed by atoms with Gasteiger partial charge in [-0.1, -0.05) is 39.0 Å². The Hall–Kier alpha value is -0.0831. The van der Waals surface area contributed by atoms with Crippen molar-refractivity contribution in [2.45, 2.75) is 52.1 Å². The zero-order chi connectivity index (χ0) is 10.1. The summed E-state index contributed by atoms with van der Waals surface area (Å²) in [5.41, 5.74) is 1.42. The zero-order valence-electron chi connectivity index (χ0n) is 9.55. The van der Waals surface area contributed by atoms with Crippen LogP contribution in [-0.2, 0) is 4.43 Å². The van der Waals surface area contributed by atoms with Crippen molar-refractivity contribution >= 4 is 8.32 Å². The summed E-state index contributed by atoms with van der Waals surface area (Å²) >= 11 is 0. The standard InChI is InChI=1S/C11H22OSi/c1-6-11-7-8-12-13(11,9(2)3)10(4)5/h6,9-10H,7-8H2,1-5H3/b11-6-. The molecule has 0 bridgehead atoms. The summed E-state index contributed by atoms with van der Waals surface area (Å²) in [7, 11) is -1.56. The fourth-order valence-electron chi connectivity index (χ4n) is 2.73. The molecule has 0 N–H and O–H groups in total. The van der Waals surface area contributed by atoms with Gasteiger partial charge in [0, 0.05) is 6.61 Å². The monoisotopic (exact) mass is 198 g/mol. The van der Waals surface area contributed by atoms with Crippen LogP contribution in [0.4, 0.5) is 0 Å². The zero-order valence-corrected chi connectivity index (χ0v) is 10.6. The van der Waals surface area contributed by atoms with Crippen molar-refractivity contribution in [3.8, 4) is 0 Å². The topological polar surface area (TPSA) is 9.23 Å². The molecule has 0 saturated carbocycles. The molecule has 0 aromatic rings. The molecular formula is C11H22OSi. The highest BCUT2D eigenvalue weighted by atomic mass is 28.4. The summed E-state index contributed by atoms with van der Waals surface area (Å²) in [6.07, 6.45) is 3.48. The summed E-state index contributed by atoms with van der Waals surface area (Å²) in [6.45, 7) is 12.4. The van der Waals surface area contributed by atoms with Gasteiger partial charge in [0.15, 0.2) is 0 Å². The SMILES string of the molecule is C/C=C1/CCO[Si]1(C(C)C)C(C)C. The van der Waals surface area contributed by atoms with Gasteiger partial charge in [0.05, 0.1) is 0 Å². The van der Waals surface area contributed by atoms with Crippen LogP contribution in [-0.4, -0.2) is 14.9 Å². The molecule has 2 heteroatoms. The second kappa shape index (κ2) is 3.97. The molecule has 0 amide bonds. The molecule has 0 unspecified atom stereocenters. The van der Waals surface area contributed by atoms with Crippen LogP contribution < -0.4 is 0 Å². The third-order valence-electron chi connectivity index (χ3n) is 3.28. The molecule has 0 aliphatic carbocycles. The molecule has 0 aromatic carbocycles. The third kappa shape index (κ3) is 1.62. The molecule has 0 spiro atoms. The summed E-state index contributed by atoms with van der Waals surface area (Å²) in [4.78, 5) is 0. The highest BCUT2D eigenvalue weighted by molar-refractivity contribution is 6.83. The van der Waals surface area contributed by atoms with E-state index in [1.165, 1.54) is 6.42 Å². The molecule has 1 nitrogen and oxygen atoms in total. The summed E-state index contributed by atoms with van der Waals surface area (Å²) < 4.78 is 6.14. The first-order valence-corrected chi connectivity index (χ1v) is 7.41. The van der Waals surface area contributed by atoms with E-state index in [9.17, 15) is 0 Å². The molecule has 0 atom stereocenters. The van der Waals surface area contributed by atoms with Gasteiger partial charge in [0.25, 0.3) is 0 Å². The van der Waals surface area contributed by atoms with Gasteiger partial charge in [0.1, 0.15) is 0 Å². The second-order valence-electron chi connectivity index (χ2n) is 4.51. The highest BCUT2D eigenvalue weighted by Gasteiger charge is 2.48. The Morgan fingerprint density at radius 3 is 2.08 bits per heavy atom. The lowest BCUT2D eigenvalue weighted by atomic mass is 10.4. The van der Waals surface area contributed by atoms with E-state index in [4.69, 9.17) is 4.43 Å². The van der Waals surface area contributed by atoms with Crippen molar-refractivity contribution in [1.82, 2.24) is 0 Å². The second-order valence-corrected chi connectivity index (χ2v) is 9.34. The number of hydrogen-bond donors (Lipinski definition) is 0. The van der Waals surface area contributed by atoms with Crippen LogP contribution in [0.25, 0.3) is 0 Å². The van der Waals surface area contributed by atoms with Crippen LogP contribution in [0.1, 0.15) is 41.0 Å². The molecule has 0 radical (unpaired) electrons. The van der Waals surface area contributed by atoms with E-state index in [0.29, 0.717) is 11.1 Å². The van der Waals surface area contributed by atoms with Crippen LogP contribution in [0, 0.1) is 0 Å². The normalized spacial score (nSPS) is 25.0. The highest BCUT2D eigenvalue weighted by Crippen LogP contribution is 2.44. The first-order valence-electron chi connectivity index (χ1n) is 5.35. The lowest BCUT2D eigenvalue weighted by Gasteiger charge is -2.35. The van der Waals surface area contributed by atoms with Crippen LogP contribution in [0.2, 0.25) is 11.1 Å². The van der Waals surface area contributed by atoms with Gasteiger partial charge in [0.2, 0.25) is 8.32 Å². The van der Waals surface area contributed by atoms with E-state index in [1.54, 1.807) is 5.20 Å². The van der Waals surface area contributed by atoms with E-state index >= 15 is 0 Å². The molecular weight excluding hydrogens is 176 g/mol. The smallest absolute Gasteiger partial charge is 0.225 e. The Morgan fingerprint density at radius 2 is 1.77 bits per heavy atom. The molecule has 1 saturated heterocycles. The minimum Gasteiger partial charge on any atom is -0.412 e. The molecule has 13 heavy (non-hydrogen) atoms. The molecule has 0 aromatic heterocycles. The van der Waals surface area contributed by atoms with Crippen LogP contribution in [0.15, 0.2) is 11.3 Å². The van der Waals surface area contributed by atoms with Gasteiger partial charge in [-0.15, -0.1) is 0 Å². The summed E-state index contributed by atoms with van der Waals surface area (Å²) in [5, 5.41) is 1.64. The average Bonchev–Trinajstić information content (AvgIpc) is 2.47. The van der Waals surface area contributed by atoms with Crippen molar-refractivity contribution in [3.05, 3.63) is 11.3 Å². The third-order valence-corrected chi connectivity index (χ3v) is 8.93. The summed E-state index contributed by atoms with van der Waals surface area (Å²) in [5.74, 6) is 0. The molecule has 1 heterocycles. The molecule has 76 valence electrons. The summed E-state index contributed by atoms with van der Waals surface area (Å²) in [6, 6.07) is 0. The predicted octanol–water partition coefficient (Wildman–Crippen LogP) is 3.66. The van der Waals surface area contributed by atoms with Crippen molar-refractivity contribution < 1.29 is 4.43 Å². The Balaban J connectivity index is 3.03. The largest absolute Gasteiger partial charge is 0.412 e. The number of rotatable bonds is 2. The van der Waals surface area contributed by atoms with Gasteiger partial charge in [-0.3, -0.25) is 0 Å². The van der Waals surface area contributed by atoms with E-state index in [0.717, 1.165) is 6.61 Å². The lowest BCUT2D eigenvalue weighted by Crippen LogP contribution is -2.42. The predicted molar refractivity (Wildman–Crippen MR) is 60.3 cm³/mol.